The molecule has 0 bridgehead atoms. The van der Waals surface area contributed by atoms with E-state index in [2.05, 4.69) is 16.9 Å². The van der Waals surface area contributed by atoms with Crippen LogP contribution < -0.4 is 0 Å². The molecule has 1 fully saturated rings. The Labute approximate surface area is 128 Å². The molecule has 6 nitrogen and oxygen atoms in total. The van der Waals surface area contributed by atoms with E-state index in [-0.39, 0.29) is 17.0 Å². The van der Waals surface area contributed by atoms with Crippen LogP contribution in [0, 0.1) is 0 Å². The maximum atomic E-state index is 12.4. The molecule has 7 heteroatoms. The number of hydrogen-bond acceptors (Lipinski definition) is 6. The summed E-state index contributed by atoms with van der Waals surface area (Å²) in [6.45, 7) is 3.99. The fraction of sp³-hybridized carbons (Fsp3) is 0.643. The lowest BCUT2D eigenvalue weighted by molar-refractivity contribution is 0.0525. The highest BCUT2D eigenvalue weighted by molar-refractivity contribution is 7.11. The average Bonchev–Trinajstić information content (AvgIpc) is 2.96. The number of esters is 1. The first-order valence-electron chi connectivity index (χ1n) is 7.11. The van der Waals surface area contributed by atoms with Crippen molar-refractivity contribution in [2.75, 3.05) is 33.8 Å². The fourth-order valence-corrected chi connectivity index (χ4v) is 3.14. The van der Waals surface area contributed by atoms with Gasteiger partial charge in [0.25, 0.3) is 5.91 Å². The van der Waals surface area contributed by atoms with Crippen molar-refractivity contribution in [1.82, 2.24) is 14.8 Å². The highest BCUT2D eigenvalue weighted by Gasteiger charge is 2.27. The maximum Gasteiger partial charge on any atom is 0.367 e. The molecule has 1 aromatic heterocycles. The van der Waals surface area contributed by atoms with Crippen LogP contribution in [0.15, 0.2) is 5.38 Å². The lowest BCUT2D eigenvalue weighted by Gasteiger charge is -2.35. The zero-order valence-electron chi connectivity index (χ0n) is 12.7. The van der Waals surface area contributed by atoms with Crippen molar-refractivity contribution in [2.24, 2.45) is 0 Å². The molecule has 0 aliphatic carbocycles. The second-order valence-electron chi connectivity index (χ2n) is 5.23. The number of nitrogens with zero attached hydrogens (tertiary/aromatic N) is 3. The number of thiazole rings is 1. The van der Waals surface area contributed by atoms with Crippen molar-refractivity contribution < 1.29 is 14.3 Å². The standard InChI is InChI=1S/C14H21N3O3S/c1-4-20-14(19)12-15-11(9-21-12)13(18)17(3)10-6-5-7-16(2)8-10/h9-10H,4-8H2,1-3H3. The number of piperidine rings is 1. The van der Waals surface area contributed by atoms with Gasteiger partial charge in [0.15, 0.2) is 0 Å². The SMILES string of the molecule is CCOC(=O)c1nc(C(=O)N(C)C2CCCN(C)C2)cs1. The summed E-state index contributed by atoms with van der Waals surface area (Å²) in [5, 5.41) is 1.85. The Bertz CT molecular complexity index is 517. The molecule has 1 unspecified atom stereocenters. The molecular weight excluding hydrogens is 290 g/mol. The Morgan fingerprint density at radius 1 is 1.57 bits per heavy atom. The zero-order valence-corrected chi connectivity index (χ0v) is 13.5. The van der Waals surface area contributed by atoms with Gasteiger partial charge in [-0.1, -0.05) is 0 Å². The molecule has 0 radical (unpaired) electrons. The van der Waals surface area contributed by atoms with Crippen LogP contribution in [0.2, 0.25) is 0 Å². The minimum absolute atomic E-state index is 0.137. The van der Waals surface area contributed by atoms with E-state index in [0.29, 0.717) is 12.3 Å². The summed E-state index contributed by atoms with van der Waals surface area (Å²) in [5.74, 6) is -0.608. The van der Waals surface area contributed by atoms with Crippen LogP contribution in [0.1, 0.15) is 40.1 Å². The molecule has 1 aliphatic heterocycles. The first kappa shape index (κ1) is 15.9. The quantitative estimate of drug-likeness (QED) is 0.788. The number of rotatable bonds is 4. The van der Waals surface area contributed by atoms with E-state index in [9.17, 15) is 9.59 Å². The molecule has 0 aromatic carbocycles. The van der Waals surface area contributed by atoms with Crippen molar-refractivity contribution in [3.8, 4) is 0 Å². The van der Waals surface area contributed by atoms with Crippen LogP contribution in [-0.4, -0.2) is 66.5 Å². The van der Waals surface area contributed by atoms with Gasteiger partial charge in [0, 0.05) is 25.0 Å². The minimum atomic E-state index is -0.471. The van der Waals surface area contributed by atoms with Gasteiger partial charge in [0.1, 0.15) is 5.69 Å². The van der Waals surface area contributed by atoms with Crippen LogP contribution in [0.3, 0.4) is 0 Å². The summed E-state index contributed by atoms with van der Waals surface area (Å²) in [4.78, 5) is 32.1. The summed E-state index contributed by atoms with van der Waals surface area (Å²) in [7, 11) is 3.86. The van der Waals surface area contributed by atoms with E-state index in [4.69, 9.17) is 4.74 Å². The number of likely N-dealkylation sites (N-methyl/N-ethyl adjacent to an activating group) is 2. The fourth-order valence-electron chi connectivity index (χ4n) is 2.46. The molecule has 1 aromatic rings. The van der Waals surface area contributed by atoms with E-state index >= 15 is 0 Å². The lowest BCUT2D eigenvalue weighted by Crippen LogP contribution is -2.47. The summed E-state index contributed by atoms with van der Waals surface area (Å²) >= 11 is 1.15. The monoisotopic (exact) mass is 311 g/mol. The third-order valence-electron chi connectivity index (χ3n) is 3.64. The molecule has 1 aliphatic rings. The van der Waals surface area contributed by atoms with Gasteiger partial charge in [-0.2, -0.15) is 0 Å². The summed E-state index contributed by atoms with van der Waals surface area (Å²) < 4.78 is 4.89. The van der Waals surface area contributed by atoms with Crippen molar-refractivity contribution in [3.63, 3.8) is 0 Å². The second kappa shape index (κ2) is 7.00. The van der Waals surface area contributed by atoms with Gasteiger partial charge in [-0.05, 0) is 33.4 Å². The van der Waals surface area contributed by atoms with Gasteiger partial charge in [-0.15, -0.1) is 11.3 Å². The lowest BCUT2D eigenvalue weighted by atomic mass is 10.0. The van der Waals surface area contributed by atoms with Crippen LogP contribution in [0.5, 0.6) is 0 Å². The van der Waals surface area contributed by atoms with Crippen LogP contribution >= 0.6 is 11.3 Å². The predicted octanol–water partition coefficient (Wildman–Crippen LogP) is 1.49. The van der Waals surface area contributed by atoms with Gasteiger partial charge in [-0.3, -0.25) is 4.79 Å². The number of amides is 1. The number of likely N-dealkylation sites (tertiary alicyclic amines) is 1. The Morgan fingerprint density at radius 3 is 3.00 bits per heavy atom. The van der Waals surface area contributed by atoms with Crippen LogP contribution in [0.4, 0.5) is 0 Å². The number of hydrogen-bond donors (Lipinski definition) is 0. The smallest absolute Gasteiger partial charge is 0.367 e. The Hall–Kier alpha value is -1.47. The molecule has 1 amide bonds. The Morgan fingerprint density at radius 2 is 2.33 bits per heavy atom. The van der Waals surface area contributed by atoms with Crippen molar-refractivity contribution >= 4 is 23.2 Å². The highest BCUT2D eigenvalue weighted by atomic mass is 32.1. The van der Waals surface area contributed by atoms with Gasteiger partial charge in [0.2, 0.25) is 5.01 Å². The number of carbonyl (C=O) groups is 2. The minimum Gasteiger partial charge on any atom is -0.461 e. The molecule has 2 rings (SSSR count). The number of carbonyl (C=O) groups excluding carboxylic acids is 2. The van der Waals surface area contributed by atoms with E-state index in [1.54, 1.807) is 24.3 Å². The molecule has 2 heterocycles. The first-order chi connectivity index (χ1) is 10.0. The molecule has 1 saturated heterocycles. The van der Waals surface area contributed by atoms with Gasteiger partial charge in [0.05, 0.1) is 6.61 Å². The molecule has 0 N–H and O–H groups in total. The van der Waals surface area contributed by atoms with E-state index in [1.165, 1.54) is 0 Å². The van der Waals surface area contributed by atoms with Crippen molar-refractivity contribution in [3.05, 3.63) is 16.1 Å². The number of aromatic nitrogens is 1. The van der Waals surface area contributed by atoms with E-state index in [0.717, 1.165) is 37.3 Å². The third-order valence-corrected chi connectivity index (χ3v) is 4.46. The number of ether oxygens (including phenoxy) is 1. The summed E-state index contributed by atoms with van der Waals surface area (Å²) in [6.07, 6.45) is 2.09. The maximum absolute atomic E-state index is 12.4. The van der Waals surface area contributed by atoms with Gasteiger partial charge >= 0.3 is 5.97 Å². The van der Waals surface area contributed by atoms with E-state index < -0.39 is 5.97 Å². The van der Waals surface area contributed by atoms with E-state index in [1.807, 2.05) is 0 Å². The molecular formula is C14H21N3O3S. The van der Waals surface area contributed by atoms with Gasteiger partial charge < -0.3 is 14.5 Å². The molecule has 0 spiro atoms. The third kappa shape index (κ3) is 3.79. The second-order valence-corrected chi connectivity index (χ2v) is 6.09. The molecule has 1 atom stereocenters. The van der Waals surface area contributed by atoms with Crippen molar-refractivity contribution in [1.29, 1.82) is 0 Å². The van der Waals surface area contributed by atoms with Crippen molar-refractivity contribution in [2.45, 2.75) is 25.8 Å². The first-order valence-corrected chi connectivity index (χ1v) is 7.99. The molecule has 116 valence electrons. The average molecular weight is 311 g/mol. The highest BCUT2D eigenvalue weighted by Crippen LogP contribution is 2.18. The zero-order chi connectivity index (χ0) is 15.4. The molecule has 0 saturated carbocycles. The Kier molecular flexibility index (Phi) is 5.30. The van der Waals surface area contributed by atoms with Crippen LogP contribution in [0.25, 0.3) is 0 Å². The van der Waals surface area contributed by atoms with Crippen LogP contribution in [-0.2, 0) is 4.74 Å². The summed E-state index contributed by atoms with van der Waals surface area (Å²) in [5.41, 5.74) is 0.318. The summed E-state index contributed by atoms with van der Waals surface area (Å²) in [6, 6.07) is 0.198. The van der Waals surface area contributed by atoms with Gasteiger partial charge in [-0.25, -0.2) is 9.78 Å². The molecule has 21 heavy (non-hydrogen) atoms. The largest absolute Gasteiger partial charge is 0.461 e. The predicted molar refractivity (Wildman–Crippen MR) is 80.7 cm³/mol. The topological polar surface area (TPSA) is 62.7 Å². The Balaban J connectivity index is 2.03. The normalized spacial score (nSPS) is 19.3.